The predicted molar refractivity (Wildman–Crippen MR) is 113 cm³/mol. The van der Waals surface area contributed by atoms with Crippen LogP contribution in [-0.4, -0.2) is 53.0 Å². The van der Waals surface area contributed by atoms with Crippen molar-refractivity contribution in [2.45, 2.75) is 0 Å². The van der Waals surface area contributed by atoms with E-state index >= 15 is 4.39 Å². The normalized spacial score (nSPS) is 14.4. The van der Waals surface area contributed by atoms with Crippen LogP contribution in [0, 0.1) is 11.7 Å². The van der Waals surface area contributed by atoms with Gasteiger partial charge in [-0.15, -0.1) is 0 Å². The first-order valence-corrected chi connectivity index (χ1v) is 9.76. The minimum absolute atomic E-state index is 0.0456. The number of amides is 1. The van der Waals surface area contributed by atoms with Gasteiger partial charge in [-0.2, -0.15) is 10.2 Å². The second-order valence-electron chi connectivity index (χ2n) is 7.31. The monoisotopic (exact) mass is 428 g/mol. The van der Waals surface area contributed by atoms with Crippen LogP contribution >= 0.6 is 11.6 Å². The molecule has 4 heterocycles. The number of rotatable bonds is 6. The molecule has 8 nitrogen and oxygen atoms in total. The number of fused-ring (bicyclic) bond motifs is 2. The van der Waals surface area contributed by atoms with Crippen LogP contribution in [0.1, 0.15) is 0 Å². The largest absolute Gasteiger partial charge is 0.384 e. The molecule has 1 aliphatic rings. The van der Waals surface area contributed by atoms with Crippen molar-refractivity contribution in [3.8, 4) is 11.1 Å². The van der Waals surface area contributed by atoms with Crippen molar-refractivity contribution in [1.82, 2.24) is 19.8 Å². The van der Waals surface area contributed by atoms with Crippen LogP contribution in [0.3, 0.4) is 0 Å². The Bertz CT molecular complexity index is 1260. The van der Waals surface area contributed by atoms with Crippen molar-refractivity contribution >= 4 is 45.9 Å². The van der Waals surface area contributed by atoms with Crippen molar-refractivity contribution in [3.63, 3.8) is 0 Å². The number of ether oxygens (including phenoxy) is 1. The SMILES string of the molecule is COCC1CN(c2c(F)c(Cl)c(-c3ccn4nc(NC=O)cc4c3)c3cn[nH]c23)C1. The molecular formula is C20H18ClFN6O2. The first kappa shape index (κ1) is 18.8. The minimum atomic E-state index is -0.476. The van der Waals surface area contributed by atoms with Gasteiger partial charge in [0.2, 0.25) is 6.41 Å². The maximum absolute atomic E-state index is 15.4. The Balaban J connectivity index is 1.61. The Morgan fingerprint density at radius 3 is 3.03 bits per heavy atom. The summed E-state index contributed by atoms with van der Waals surface area (Å²) >= 11 is 6.55. The highest BCUT2D eigenvalue weighted by Crippen LogP contribution is 2.44. The zero-order valence-corrected chi connectivity index (χ0v) is 16.8. The molecular weight excluding hydrogens is 411 g/mol. The molecule has 0 atom stereocenters. The molecule has 2 N–H and O–H groups in total. The van der Waals surface area contributed by atoms with Gasteiger partial charge in [-0.25, -0.2) is 8.91 Å². The third-order valence-electron chi connectivity index (χ3n) is 5.40. The summed E-state index contributed by atoms with van der Waals surface area (Å²) in [5.74, 6) is 0.312. The van der Waals surface area contributed by atoms with E-state index in [9.17, 15) is 4.79 Å². The molecule has 0 unspecified atom stereocenters. The summed E-state index contributed by atoms with van der Waals surface area (Å²) in [5, 5.41) is 14.6. The van der Waals surface area contributed by atoms with E-state index in [2.05, 4.69) is 20.6 Å². The molecule has 1 aromatic carbocycles. The first-order chi connectivity index (χ1) is 14.6. The summed E-state index contributed by atoms with van der Waals surface area (Å²) in [6, 6.07) is 5.36. The van der Waals surface area contributed by atoms with Crippen LogP contribution in [0.2, 0.25) is 5.02 Å². The maximum atomic E-state index is 15.4. The van der Waals surface area contributed by atoms with Gasteiger partial charge in [-0.1, -0.05) is 11.6 Å². The number of halogens is 2. The number of anilines is 2. The molecule has 5 rings (SSSR count). The molecule has 10 heteroatoms. The number of hydrogen-bond acceptors (Lipinski definition) is 5. The Morgan fingerprint density at radius 2 is 2.27 bits per heavy atom. The van der Waals surface area contributed by atoms with E-state index in [0.717, 1.165) is 16.5 Å². The number of aromatic nitrogens is 4. The Labute approximate surface area is 175 Å². The van der Waals surface area contributed by atoms with E-state index < -0.39 is 5.82 Å². The fourth-order valence-electron chi connectivity index (χ4n) is 4.05. The number of benzene rings is 1. The van der Waals surface area contributed by atoms with Crippen molar-refractivity contribution in [1.29, 1.82) is 0 Å². The van der Waals surface area contributed by atoms with Gasteiger partial charge in [0.05, 0.1) is 28.9 Å². The number of nitrogens with one attached hydrogen (secondary N) is 2. The number of hydrogen-bond donors (Lipinski definition) is 2. The predicted octanol–water partition coefficient (Wildman–Crippen LogP) is 3.32. The van der Waals surface area contributed by atoms with Crippen molar-refractivity contribution in [2.75, 3.05) is 37.0 Å². The molecule has 4 aromatic rings. The third-order valence-corrected chi connectivity index (χ3v) is 5.76. The first-order valence-electron chi connectivity index (χ1n) is 9.38. The quantitative estimate of drug-likeness (QED) is 0.460. The van der Waals surface area contributed by atoms with E-state index in [1.165, 1.54) is 0 Å². The summed E-state index contributed by atoms with van der Waals surface area (Å²) in [7, 11) is 1.66. The number of carbonyl (C=O) groups excluding carboxylic acids is 1. The van der Waals surface area contributed by atoms with Gasteiger partial charge >= 0.3 is 0 Å². The molecule has 154 valence electrons. The van der Waals surface area contributed by atoms with Crippen molar-refractivity contribution < 1.29 is 13.9 Å². The molecule has 0 radical (unpaired) electrons. The molecule has 30 heavy (non-hydrogen) atoms. The lowest BCUT2D eigenvalue weighted by Gasteiger charge is -2.41. The van der Waals surface area contributed by atoms with Crippen LogP contribution in [-0.2, 0) is 9.53 Å². The molecule has 1 saturated heterocycles. The molecule has 1 aliphatic heterocycles. The van der Waals surface area contributed by atoms with E-state index in [1.54, 1.807) is 36.2 Å². The Morgan fingerprint density at radius 1 is 1.43 bits per heavy atom. The third kappa shape index (κ3) is 2.89. The van der Waals surface area contributed by atoms with E-state index in [4.69, 9.17) is 16.3 Å². The van der Waals surface area contributed by atoms with Crippen LogP contribution in [0.25, 0.3) is 27.5 Å². The number of carbonyl (C=O) groups is 1. The lowest BCUT2D eigenvalue weighted by molar-refractivity contribution is -0.105. The minimum Gasteiger partial charge on any atom is -0.384 e. The molecule has 0 aliphatic carbocycles. The highest BCUT2D eigenvalue weighted by molar-refractivity contribution is 6.36. The number of methoxy groups -OCH3 is 1. The van der Waals surface area contributed by atoms with Gasteiger partial charge in [-0.05, 0) is 17.7 Å². The van der Waals surface area contributed by atoms with Gasteiger partial charge in [-0.3, -0.25) is 9.89 Å². The summed E-state index contributed by atoms with van der Waals surface area (Å²) in [6.07, 6.45) is 3.96. The summed E-state index contributed by atoms with van der Waals surface area (Å²) < 4.78 is 22.2. The average Bonchev–Trinajstić information content (AvgIpc) is 3.33. The lowest BCUT2D eigenvalue weighted by atomic mass is 9.96. The van der Waals surface area contributed by atoms with E-state index in [0.29, 0.717) is 54.6 Å². The standard InChI is InChI=1S/C20H18ClFN6O2/c1-30-9-11-7-27(8-11)20-18(22)17(21)16(14-6-24-25-19(14)20)12-2-3-28-13(4-12)5-15(26-28)23-10-29/h2-6,10-11H,7-9H2,1H3,(H,24,25)(H,23,26,29). The fraction of sp³-hybridized carbons (Fsp3) is 0.250. The zero-order chi connectivity index (χ0) is 20.8. The molecule has 1 amide bonds. The average molecular weight is 429 g/mol. The van der Waals surface area contributed by atoms with Gasteiger partial charge < -0.3 is 15.0 Å². The topological polar surface area (TPSA) is 87.6 Å². The summed E-state index contributed by atoms with van der Waals surface area (Å²) in [6.45, 7) is 2.04. The maximum Gasteiger partial charge on any atom is 0.212 e. The fourth-order valence-corrected chi connectivity index (χ4v) is 4.35. The lowest BCUT2D eigenvalue weighted by Crippen LogP contribution is -2.49. The van der Waals surface area contributed by atoms with Crippen molar-refractivity contribution in [3.05, 3.63) is 41.4 Å². The number of H-pyrrole nitrogens is 1. The van der Waals surface area contributed by atoms with Gasteiger partial charge in [0.15, 0.2) is 11.6 Å². The second kappa shape index (κ2) is 7.26. The van der Waals surface area contributed by atoms with Gasteiger partial charge in [0.1, 0.15) is 5.69 Å². The highest BCUT2D eigenvalue weighted by atomic mass is 35.5. The molecule has 0 bridgehead atoms. The Hall–Kier alpha value is -3.17. The number of pyridine rings is 1. The Kier molecular flexibility index (Phi) is 4.56. The highest BCUT2D eigenvalue weighted by Gasteiger charge is 2.32. The summed E-state index contributed by atoms with van der Waals surface area (Å²) in [5.41, 5.74) is 3.07. The smallest absolute Gasteiger partial charge is 0.212 e. The number of aromatic amines is 1. The summed E-state index contributed by atoms with van der Waals surface area (Å²) in [4.78, 5) is 12.6. The number of nitrogens with zero attached hydrogens (tertiary/aromatic N) is 4. The molecule has 0 spiro atoms. The second-order valence-corrected chi connectivity index (χ2v) is 7.69. The van der Waals surface area contributed by atoms with Crippen LogP contribution in [0.15, 0.2) is 30.6 Å². The van der Waals surface area contributed by atoms with Crippen LogP contribution < -0.4 is 10.2 Å². The van der Waals surface area contributed by atoms with E-state index in [-0.39, 0.29) is 5.02 Å². The van der Waals surface area contributed by atoms with Gasteiger partial charge in [0.25, 0.3) is 0 Å². The van der Waals surface area contributed by atoms with Crippen molar-refractivity contribution in [2.24, 2.45) is 5.92 Å². The van der Waals surface area contributed by atoms with Crippen LogP contribution in [0.4, 0.5) is 15.9 Å². The molecule has 1 fully saturated rings. The van der Waals surface area contributed by atoms with Crippen LogP contribution in [0.5, 0.6) is 0 Å². The molecule has 0 saturated carbocycles. The van der Waals surface area contributed by atoms with E-state index in [1.807, 2.05) is 11.0 Å². The molecule has 3 aromatic heterocycles. The van der Waals surface area contributed by atoms with Gasteiger partial charge in [0, 0.05) is 49.3 Å². The zero-order valence-electron chi connectivity index (χ0n) is 16.0.